The number of aliphatic imine (C=N–C) groups is 1. The highest BCUT2D eigenvalue weighted by molar-refractivity contribution is 7.88. The molecule has 0 atom stereocenters. The molecule has 0 unspecified atom stereocenters. The van der Waals surface area contributed by atoms with Gasteiger partial charge in [-0.1, -0.05) is 0 Å². The summed E-state index contributed by atoms with van der Waals surface area (Å²) in [4.78, 5) is 6.44. The predicted molar refractivity (Wildman–Crippen MR) is 96.3 cm³/mol. The second kappa shape index (κ2) is 8.12. The van der Waals surface area contributed by atoms with Gasteiger partial charge in [0.05, 0.1) is 6.26 Å². The lowest BCUT2D eigenvalue weighted by atomic mass is 9.98. The minimum absolute atomic E-state index is 0.485. The molecule has 1 N–H and O–H groups in total. The Balaban J connectivity index is 1.78. The Bertz CT molecular complexity index is 605. The lowest BCUT2D eigenvalue weighted by Gasteiger charge is -2.31. The van der Waals surface area contributed by atoms with Crippen molar-refractivity contribution in [2.24, 2.45) is 10.9 Å². The van der Waals surface area contributed by atoms with E-state index in [1.165, 1.54) is 11.8 Å². The van der Waals surface area contributed by atoms with Gasteiger partial charge in [0.1, 0.15) is 0 Å². The molecular formula is C15H26N4O2S2. The van der Waals surface area contributed by atoms with Crippen LogP contribution in [-0.4, -0.2) is 63.6 Å². The molecule has 1 aliphatic rings. The molecule has 1 aromatic heterocycles. The molecule has 0 aliphatic carbocycles. The Morgan fingerprint density at radius 1 is 1.48 bits per heavy atom. The zero-order valence-corrected chi connectivity index (χ0v) is 15.7. The number of sulfonamides is 1. The maximum atomic E-state index is 11.5. The summed E-state index contributed by atoms with van der Waals surface area (Å²) in [5.74, 6) is 1.36. The van der Waals surface area contributed by atoms with Gasteiger partial charge in [0.2, 0.25) is 10.0 Å². The van der Waals surface area contributed by atoms with Crippen molar-refractivity contribution in [1.29, 1.82) is 0 Å². The minimum Gasteiger partial charge on any atom is -0.356 e. The first-order valence-corrected chi connectivity index (χ1v) is 10.6. The van der Waals surface area contributed by atoms with E-state index in [-0.39, 0.29) is 0 Å². The largest absolute Gasteiger partial charge is 0.356 e. The van der Waals surface area contributed by atoms with Crippen LogP contribution in [-0.2, 0) is 16.6 Å². The molecule has 0 aromatic carbocycles. The summed E-state index contributed by atoms with van der Waals surface area (Å²) in [5, 5.41) is 7.64. The lowest BCUT2D eigenvalue weighted by molar-refractivity contribution is 0.273. The normalized spacial score (nSPS) is 18.1. The predicted octanol–water partition coefficient (Wildman–Crippen LogP) is 1.43. The quantitative estimate of drug-likeness (QED) is 0.639. The zero-order chi connectivity index (χ0) is 16.9. The third-order valence-corrected chi connectivity index (χ3v) is 6.20. The molecule has 0 amide bonds. The molecular weight excluding hydrogens is 332 g/mol. The number of thiophene rings is 1. The second-order valence-electron chi connectivity index (χ2n) is 6.02. The number of piperidine rings is 1. The third-order valence-electron chi connectivity index (χ3n) is 4.16. The van der Waals surface area contributed by atoms with Crippen molar-refractivity contribution in [2.45, 2.75) is 19.4 Å². The first-order valence-electron chi connectivity index (χ1n) is 7.78. The smallest absolute Gasteiger partial charge is 0.211 e. The number of nitrogens with zero attached hydrogens (tertiary/aromatic N) is 3. The van der Waals surface area contributed by atoms with Crippen LogP contribution in [0, 0.1) is 5.92 Å². The van der Waals surface area contributed by atoms with E-state index in [0.29, 0.717) is 19.0 Å². The van der Waals surface area contributed by atoms with Crippen molar-refractivity contribution in [3.05, 3.63) is 22.4 Å². The number of guanidine groups is 1. The first kappa shape index (κ1) is 18.2. The average molecular weight is 359 g/mol. The number of hydrogen-bond acceptors (Lipinski definition) is 4. The molecule has 2 rings (SSSR count). The van der Waals surface area contributed by atoms with E-state index in [4.69, 9.17) is 0 Å². The molecule has 1 fully saturated rings. The van der Waals surface area contributed by atoms with Gasteiger partial charge < -0.3 is 10.2 Å². The van der Waals surface area contributed by atoms with E-state index < -0.39 is 10.0 Å². The molecule has 0 spiro atoms. The molecule has 1 aromatic rings. The van der Waals surface area contributed by atoms with Crippen molar-refractivity contribution >= 4 is 27.3 Å². The molecule has 23 heavy (non-hydrogen) atoms. The van der Waals surface area contributed by atoms with Crippen LogP contribution in [0.25, 0.3) is 0 Å². The Hall–Kier alpha value is -1.12. The number of rotatable bonds is 5. The topological polar surface area (TPSA) is 65.0 Å². The van der Waals surface area contributed by atoms with Crippen molar-refractivity contribution in [3.63, 3.8) is 0 Å². The Kier molecular flexibility index (Phi) is 6.43. The van der Waals surface area contributed by atoms with Crippen LogP contribution in [0.5, 0.6) is 0 Å². The van der Waals surface area contributed by atoms with Crippen molar-refractivity contribution in [3.8, 4) is 0 Å². The molecule has 0 saturated carbocycles. The zero-order valence-electron chi connectivity index (χ0n) is 14.0. The molecule has 0 bridgehead atoms. The van der Waals surface area contributed by atoms with E-state index in [1.807, 2.05) is 7.05 Å². The molecule has 1 saturated heterocycles. The van der Waals surface area contributed by atoms with Crippen LogP contribution in [0.15, 0.2) is 21.8 Å². The summed E-state index contributed by atoms with van der Waals surface area (Å²) >= 11 is 1.70. The van der Waals surface area contributed by atoms with Crippen LogP contribution < -0.4 is 5.32 Å². The van der Waals surface area contributed by atoms with Crippen LogP contribution in [0.4, 0.5) is 0 Å². The maximum Gasteiger partial charge on any atom is 0.211 e. The third kappa shape index (κ3) is 5.47. The minimum atomic E-state index is -3.05. The van der Waals surface area contributed by atoms with E-state index in [0.717, 1.165) is 31.9 Å². The summed E-state index contributed by atoms with van der Waals surface area (Å²) in [5.41, 5.74) is 1.28. The van der Waals surface area contributed by atoms with Gasteiger partial charge in [-0.15, -0.1) is 0 Å². The monoisotopic (exact) mass is 358 g/mol. The van der Waals surface area contributed by atoms with Crippen LogP contribution in [0.3, 0.4) is 0 Å². The van der Waals surface area contributed by atoms with Crippen molar-refractivity contribution in [1.82, 2.24) is 14.5 Å². The Labute approximate surface area is 143 Å². The van der Waals surface area contributed by atoms with Crippen LogP contribution in [0.1, 0.15) is 18.4 Å². The summed E-state index contributed by atoms with van der Waals surface area (Å²) in [6.45, 7) is 2.90. The van der Waals surface area contributed by atoms with Gasteiger partial charge in [0.15, 0.2) is 5.96 Å². The summed E-state index contributed by atoms with van der Waals surface area (Å²) < 4.78 is 24.6. The summed E-state index contributed by atoms with van der Waals surface area (Å²) in [7, 11) is 0.772. The van der Waals surface area contributed by atoms with Gasteiger partial charge in [-0.25, -0.2) is 12.7 Å². The SMILES string of the molecule is CN=C(NCC1CCN(S(C)(=O)=O)CC1)N(C)Cc1ccsc1. The van der Waals surface area contributed by atoms with E-state index >= 15 is 0 Å². The van der Waals surface area contributed by atoms with E-state index in [9.17, 15) is 8.42 Å². The fourth-order valence-electron chi connectivity index (χ4n) is 2.80. The fourth-order valence-corrected chi connectivity index (χ4v) is 4.33. The molecule has 130 valence electrons. The van der Waals surface area contributed by atoms with Gasteiger partial charge in [0, 0.05) is 40.3 Å². The summed E-state index contributed by atoms with van der Waals surface area (Å²) in [6, 6.07) is 2.12. The maximum absolute atomic E-state index is 11.5. The first-order chi connectivity index (χ1) is 10.9. The van der Waals surface area contributed by atoms with Gasteiger partial charge >= 0.3 is 0 Å². The van der Waals surface area contributed by atoms with Gasteiger partial charge in [-0.2, -0.15) is 11.3 Å². The van der Waals surface area contributed by atoms with Crippen molar-refractivity contribution < 1.29 is 8.42 Å². The highest BCUT2D eigenvalue weighted by Crippen LogP contribution is 2.18. The van der Waals surface area contributed by atoms with Gasteiger partial charge in [-0.3, -0.25) is 4.99 Å². The van der Waals surface area contributed by atoms with Gasteiger partial charge in [0.25, 0.3) is 0 Å². The molecule has 1 aliphatic heterocycles. The van der Waals surface area contributed by atoms with Crippen LogP contribution >= 0.6 is 11.3 Å². The highest BCUT2D eigenvalue weighted by Gasteiger charge is 2.25. The molecule has 8 heteroatoms. The van der Waals surface area contributed by atoms with E-state index in [1.54, 1.807) is 22.7 Å². The highest BCUT2D eigenvalue weighted by atomic mass is 32.2. The number of nitrogens with one attached hydrogen (secondary N) is 1. The fraction of sp³-hybridized carbons (Fsp3) is 0.667. The van der Waals surface area contributed by atoms with Gasteiger partial charge in [-0.05, 0) is 41.1 Å². The average Bonchev–Trinajstić information content (AvgIpc) is 3.00. The summed E-state index contributed by atoms with van der Waals surface area (Å²) in [6.07, 6.45) is 3.07. The second-order valence-corrected chi connectivity index (χ2v) is 8.78. The number of hydrogen-bond donors (Lipinski definition) is 1. The Morgan fingerprint density at radius 3 is 2.70 bits per heavy atom. The molecule has 2 heterocycles. The van der Waals surface area contributed by atoms with E-state index in [2.05, 4.69) is 32.0 Å². The van der Waals surface area contributed by atoms with Crippen LogP contribution in [0.2, 0.25) is 0 Å². The van der Waals surface area contributed by atoms with Crippen molar-refractivity contribution in [2.75, 3.05) is 40.0 Å². The lowest BCUT2D eigenvalue weighted by Crippen LogP contribution is -2.44. The molecule has 0 radical (unpaired) electrons. The standard InChI is InChI=1S/C15H26N4O2S2/c1-16-15(18(2)11-14-6-9-22-12-14)17-10-13-4-7-19(8-5-13)23(3,20)21/h6,9,12-13H,4-5,7-8,10-11H2,1-3H3,(H,16,17). The Morgan fingerprint density at radius 2 is 2.17 bits per heavy atom. The molecule has 6 nitrogen and oxygen atoms in total.